The maximum absolute atomic E-state index is 11.2. The van der Waals surface area contributed by atoms with Crippen LogP contribution in [0.3, 0.4) is 0 Å². The molecule has 0 radical (unpaired) electrons. The normalized spacial score (nSPS) is 25.2. The summed E-state index contributed by atoms with van der Waals surface area (Å²) in [6, 6.07) is -0.271. The van der Waals surface area contributed by atoms with E-state index in [1.165, 1.54) is 0 Å². The minimum atomic E-state index is -0.793. The van der Waals surface area contributed by atoms with Crippen molar-refractivity contribution in [2.24, 2.45) is 0 Å². The average molecular weight is 217 g/mol. The second-order valence-electron chi connectivity index (χ2n) is 3.75. The molecule has 0 saturated carbocycles. The molecule has 1 atom stereocenters. The highest BCUT2D eigenvalue weighted by molar-refractivity contribution is 5.73. The number of β-amino-alcohol motifs (C(OH)–C–C–N with tert-alkyl or cyclic N) is 1. The lowest BCUT2D eigenvalue weighted by atomic mass is 10.0. The van der Waals surface area contributed by atoms with Gasteiger partial charge in [-0.2, -0.15) is 0 Å². The summed E-state index contributed by atoms with van der Waals surface area (Å²) in [5, 5.41) is 18.2. The van der Waals surface area contributed by atoms with Crippen LogP contribution in [0, 0.1) is 0 Å². The summed E-state index contributed by atoms with van der Waals surface area (Å²) < 4.78 is 4.79. The smallest absolute Gasteiger partial charge is 0.314 e. The number of rotatable bonds is 5. The van der Waals surface area contributed by atoms with E-state index in [0.717, 1.165) is 6.54 Å². The van der Waals surface area contributed by atoms with E-state index in [9.17, 15) is 9.90 Å². The Bertz CT molecular complexity index is 205. The van der Waals surface area contributed by atoms with Crippen molar-refractivity contribution in [2.75, 3.05) is 39.9 Å². The number of aliphatic hydroxyl groups is 1. The number of nitrogens with one attached hydrogen (secondary N) is 3. The van der Waals surface area contributed by atoms with Gasteiger partial charge in [0.15, 0.2) is 0 Å². The molecule has 88 valence electrons. The van der Waals surface area contributed by atoms with Crippen LogP contribution in [-0.4, -0.2) is 56.6 Å². The molecule has 1 fully saturated rings. The van der Waals surface area contributed by atoms with Crippen LogP contribution in [0.4, 0.5) is 4.79 Å². The molecule has 1 aliphatic heterocycles. The van der Waals surface area contributed by atoms with Crippen LogP contribution < -0.4 is 16.0 Å². The van der Waals surface area contributed by atoms with Gasteiger partial charge >= 0.3 is 6.03 Å². The van der Waals surface area contributed by atoms with Gasteiger partial charge in [-0.3, -0.25) is 0 Å². The molecule has 1 saturated heterocycles. The van der Waals surface area contributed by atoms with Crippen LogP contribution in [0.2, 0.25) is 0 Å². The number of carbonyl (C=O) groups is 1. The van der Waals surface area contributed by atoms with Crippen molar-refractivity contribution < 1.29 is 14.6 Å². The quantitative estimate of drug-likeness (QED) is 0.429. The van der Waals surface area contributed by atoms with Crippen LogP contribution in [0.15, 0.2) is 0 Å². The van der Waals surface area contributed by atoms with Gasteiger partial charge < -0.3 is 25.8 Å². The zero-order valence-corrected chi connectivity index (χ0v) is 9.01. The maximum atomic E-state index is 11.2. The topological polar surface area (TPSA) is 82.6 Å². The van der Waals surface area contributed by atoms with Crippen molar-refractivity contribution in [3.05, 3.63) is 0 Å². The van der Waals surface area contributed by atoms with E-state index in [1.807, 2.05) is 0 Å². The highest BCUT2D eigenvalue weighted by Gasteiger charge is 2.31. The Hall–Kier alpha value is -0.850. The summed E-state index contributed by atoms with van der Waals surface area (Å²) in [6.07, 6.45) is 0.672. The summed E-state index contributed by atoms with van der Waals surface area (Å²) in [5.74, 6) is 0. The summed E-state index contributed by atoms with van der Waals surface area (Å²) in [7, 11) is 1.58. The van der Waals surface area contributed by atoms with E-state index in [4.69, 9.17) is 4.74 Å². The van der Waals surface area contributed by atoms with Gasteiger partial charge in [0.05, 0.1) is 12.2 Å². The maximum Gasteiger partial charge on any atom is 0.314 e. The largest absolute Gasteiger partial charge is 0.387 e. The van der Waals surface area contributed by atoms with Crippen molar-refractivity contribution in [1.29, 1.82) is 0 Å². The van der Waals surface area contributed by atoms with Gasteiger partial charge in [0.1, 0.15) is 0 Å². The number of methoxy groups -OCH3 is 1. The Morgan fingerprint density at radius 2 is 2.40 bits per heavy atom. The molecule has 1 aliphatic rings. The first kappa shape index (κ1) is 12.2. The third-order valence-corrected chi connectivity index (χ3v) is 2.39. The Labute approximate surface area is 89.4 Å². The van der Waals surface area contributed by atoms with Gasteiger partial charge in [-0.25, -0.2) is 4.79 Å². The predicted molar refractivity (Wildman–Crippen MR) is 55.7 cm³/mol. The summed E-state index contributed by atoms with van der Waals surface area (Å²) in [6.45, 7) is 2.56. The van der Waals surface area contributed by atoms with Crippen molar-refractivity contribution in [1.82, 2.24) is 16.0 Å². The molecule has 1 rings (SSSR count). The van der Waals surface area contributed by atoms with E-state index < -0.39 is 5.60 Å². The van der Waals surface area contributed by atoms with Crippen molar-refractivity contribution >= 4 is 6.03 Å². The minimum Gasteiger partial charge on any atom is -0.387 e. The van der Waals surface area contributed by atoms with Gasteiger partial charge in [-0.1, -0.05) is 0 Å². The Balaban J connectivity index is 2.10. The molecule has 0 aromatic carbocycles. The molecule has 6 nitrogen and oxygen atoms in total. The lowest BCUT2D eigenvalue weighted by Gasteiger charge is -2.21. The fourth-order valence-corrected chi connectivity index (χ4v) is 1.46. The molecule has 0 aromatic rings. The Morgan fingerprint density at radius 3 is 3.00 bits per heavy atom. The zero-order chi connectivity index (χ0) is 11.1. The SMILES string of the molecule is COCCNC(=O)NCC1(O)CCNC1. The number of amides is 2. The summed E-state index contributed by atoms with van der Waals surface area (Å²) in [5.41, 5.74) is -0.793. The number of hydrogen-bond donors (Lipinski definition) is 4. The minimum absolute atomic E-state index is 0.271. The molecule has 1 heterocycles. The van der Waals surface area contributed by atoms with E-state index >= 15 is 0 Å². The molecule has 1 unspecified atom stereocenters. The second-order valence-corrected chi connectivity index (χ2v) is 3.75. The monoisotopic (exact) mass is 217 g/mol. The summed E-state index contributed by atoms with van der Waals surface area (Å²) in [4.78, 5) is 11.2. The molecular formula is C9H19N3O3. The molecule has 4 N–H and O–H groups in total. The fraction of sp³-hybridized carbons (Fsp3) is 0.889. The van der Waals surface area contributed by atoms with Crippen LogP contribution >= 0.6 is 0 Å². The highest BCUT2D eigenvalue weighted by Crippen LogP contribution is 2.12. The molecule has 6 heteroatoms. The average Bonchev–Trinajstić information content (AvgIpc) is 2.64. The van der Waals surface area contributed by atoms with Crippen LogP contribution in [0.1, 0.15) is 6.42 Å². The predicted octanol–water partition coefficient (Wildman–Crippen LogP) is -1.34. The molecule has 0 bridgehead atoms. The van der Waals surface area contributed by atoms with E-state index in [2.05, 4.69) is 16.0 Å². The Morgan fingerprint density at radius 1 is 1.60 bits per heavy atom. The van der Waals surface area contributed by atoms with Crippen molar-refractivity contribution in [2.45, 2.75) is 12.0 Å². The van der Waals surface area contributed by atoms with Crippen LogP contribution in [-0.2, 0) is 4.74 Å². The number of carbonyl (C=O) groups excluding carboxylic acids is 1. The van der Waals surface area contributed by atoms with Gasteiger partial charge in [-0.05, 0) is 13.0 Å². The number of ether oxygens (including phenoxy) is 1. The van der Waals surface area contributed by atoms with Crippen molar-refractivity contribution in [3.8, 4) is 0 Å². The van der Waals surface area contributed by atoms with Crippen LogP contribution in [0.25, 0.3) is 0 Å². The van der Waals surface area contributed by atoms with E-state index in [1.54, 1.807) is 7.11 Å². The highest BCUT2D eigenvalue weighted by atomic mass is 16.5. The molecule has 2 amide bonds. The fourth-order valence-electron chi connectivity index (χ4n) is 1.46. The van der Waals surface area contributed by atoms with E-state index in [-0.39, 0.29) is 12.6 Å². The first-order valence-corrected chi connectivity index (χ1v) is 5.10. The molecular weight excluding hydrogens is 198 g/mol. The molecule has 0 aromatic heterocycles. The third-order valence-electron chi connectivity index (χ3n) is 2.39. The van der Waals surface area contributed by atoms with Crippen LogP contribution in [0.5, 0.6) is 0 Å². The van der Waals surface area contributed by atoms with Gasteiger partial charge in [-0.15, -0.1) is 0 Å². The van der Waals surface area contributed by atoms with Crippen molar-refractivity contribution in [3.63, 3.8) is 0 Å². The van der Waals surface area contributed by atoms with Gasteiger partial charge in [0.2, 0.25) is 0 Å². The third kappa shape index (κ3) is 4.46. The van der Waals surface area contributed by atoms with E-state index in [0.29, 0.717) is 26.1 Å². The first-order chi connectivity index (χ1) is 7.16. The molecule has 0 spiro atoms. The zero-order valence-electron chi connectivity index (χ0n) is 9.01. The summed E-state index contributed by atoms with van der Waals surface area (Å²) >= 11 is 0. The lowest BCUT2D eigenvalue weighted by molar-refractivity contribution is 0.0634. The van der Waals surface area contributed by atoms with Gasteiger partial charge in [0.25, 0.3) is 0 Å². The lowest BCUT2D eigenvalue weighted by Crippen LogP contribution is -2.47. The van der Waals surface area contributed by atoms with Gasteiger partial charge in [0, 0.05) is 26.7 Å². The molecule has 15 heavy (non-hydrogen) atoms. The number of urea groups is 1. The Kier molecular flexibility index (Phi) is 4.80. The second kappa shape index (κ2) is 5.89. The number of hydrogen-bond acceptors (Lipinski definition) is 4. The first-order valence-electron chi connectivity index (χ1n) is 5.10. The standard InChI is InChI=1S/C9H19N3O3/c1-15-5-4-11-8(13)12-7-9(14)2-3-10-6-9/h10,14H,2-7H2,1H3,(H2,11,12,13). The molecule has 0 aliphatic carbocycles.